The first-order valence-corrected chi connectivity index (χ1v) is 5.16. The second kappa shape index (κ2) is 5.12. The monoisotopic (exact) mass is 228 g/mol. The summed E-state index contributed by atoms with van der Waals surface area (Å²) < 4.78 is 4.58. The maximum absolute atomic E-state index is 11.2. The highest BCUT2D eigenvalue weighted by Gasteiger charge is 2.07. The van der Waals surface area contributed by atoms with Crippen LogP contribution < -0.4 is 0 Å². The molecule has 0 aliphatic carbocycles. The normalized spacial score (nSPS) is 10.6. The average molecular weight is 228 g/mol. The topological polar surface area (TPSA) is 55.0 Å². The van der Waals surface area contributed by atoms with Crippen LogP contribution in [0.25, 0.3) is 12.2 Å². The zero-order valence-corrected chi connectivity index (χ0v) is 9.38. The van der Waals surface area contributed by atoms with Gasteiger partial charge in [0.15, 0.2) is 0 Å². The number of esters is 1. The molecule has 1 aromatic heterocycles. The van der Waals surface area contributed by atoms with Crippen LogP contribution in [-0.2, 0) is 4.74 Å². The van der Waals surface area contributed by atoms with Crippen LogP contribution in [0.2, 0.25) is 0 Å². The maximum atomic E-state index is 11.2. The lowest BCUT2D eigenvalue weighted by atomic mass is 10.2. The molecule has 0 unspecified atom stereocenters. The number of hydrogen-bond donors (Lipinski definition) is 1. The summed E-state index contributed by atoms with van der Waals surface area (Å²) in [6.45, 7) is 0. The van der Waals surface area contributed by atoms with Crippen molar-refractivity contribution in [3.63, 3.8) is 0 Å². The standard InChI is InChI=1S/C13H12N2O2/c1-17-13(16)11-9-14-12(15-11)8-7-10-5-3-2-4-6-10/h2-9H,1H3,(H,14,15). The first-order valence-electron chi connectivity index (χ1n) is 5.16. The number of carbonyl (C=O) groups is 1. The minimum absolute atomic E-state index is 0.347. The van der Waals surface area contributed by atoms with Gasteiger partial charge >= 0.3 is 5.97 Å². The summed E-state index contributed by atoms with van der Waals surface area (Å²) in [4.78, 5) is 18.1. The number of methoxy groups -OCH3 is 1. The van der Waals surface area contributed by atoms with Gasteiger partial charge in [-0.3, -0.25) is 0 Å². The fourth-order valence-electron chi connectivity index (χ4n) is 1.37. The van der Waals surface area contributed by atoms with Gasteiger partial charge in [-0.2, -0.15) is 0 Å². The molecule has 0 aliphatic heterocycles. The molecule has 0 amide bonds. The Morgan fingerprint density at radius 2 is 2.06 bits per heavy atom. The maximum Gasteiger partial charge on any atom is 0.356 e. The van der Waals surface area contributed by atoms with Crippen molar-refractivity contribution in [2.24, 2.45) is 0 Å². The summed E-state index contributed by atoms with van der Waals surface area (Å²) >= 11 is 0. The molecular weight excluding hydrogens is 216 g/mol. The lowest BCUT2D eigenvalue weighted by Crippen LogP contribution is -2.00. The molecule has 0 fully saturated rings. The Bertz CT molecular complexity index is 529. The van der Waals surface area contributed by atoms with Gasteiger partial charge in [0.1, 0.15) is 11.5 Å². The molecule has 0 saturated carbocycles. The summed E-state index contributed by atoms with van der Waals surface area (Å²) in [5.74, 6) is 0.200. The van der Waals surface area contributed by atoms with Crippen molar-refractivity contribution in [1.29, 1.82) is 0 Å². The van der Waals surface area contributed by atoms with Crippen molar-refractivity contribution in [1.82, 2.24) is 9.97 Å². The molecule has 1 heterocycles. The summed E-state index contributed by atoms with van der Waals surface area (Å²) in [6.07, 6.45) is 5.18. The van der Waals surface area contributed by atoms with Gasteiger partial charge in [0.2, 0.25) is 0 Å². The second-order valence-electron chi connectivity index (χ2n) is 3.42. The molecule has 86 valence electrons. The first-order chi connectivity index (χ1) is 8.29. The fourth-order valence-corrected chi connectivity index (χ4v) is 1.37. The van der Waals surface area contributed by atoms with E-state index in [0.29, 0.717) is 11.5 Å². The van der Waals surface area contributed by atoms with Crippen LogP contribution in [-0.4, -0.2) is 23.0 Å². The lowest BCUT2D eigenvalue weighted by Gasteiger charge is -1.92. The molecule has 4 nitrogen and oxygen atoms in total. The van der Waals surface area contributed by atoms with Gasteiger partial charge in [-0.25, -0.2) is 9.78 Å². The van der Waals surface area contributed by atoms with Gasteiger partial charge < -0.3 is 9.72 Å². The number of nitrogens with zero attached hydrogens (tertiary/aromatic N) is 1. The third kappa shape index (κ3) is 2.81. The number of aromatic amines is 1. The highest BCUT2D eigenvalue weighted by atomic mass is 16.5. The van der Waals surface area contributed by atoms with Crippen molar-refractivity contribution in [3.8, 4) is 0 Å². The van der Waals surface area contributed by atoms with Crippen LogP contribution >= 0.6 is 0 Å². The molecule has 1 aromatic carbocycles. The van der Waals surface area contributed by atoms with E-state index in [4.69, 9.17) is 0 Å². The van der Waals surface area contributed by atoms with Crippen molar-refractivity contribution in [3.05, 3.63) is 53.6 Å². The molecule has 4 heteroatoms. The van der Waals surface area contributed by atoms with Crippen LogP contribution in [0.1, 0.15) is 21.9 Å². The van der Waals surface area contributed by atoms with Gasteiger partial charge in [-0.05, 0) is 11.6 Å². The van der Waals surface area contributed by atoms with Crippen LogP contribution in [0.4, 0.5) is 0 Å². The Labute approximate surface area is 99.0 Å². The van der Waals surface area contributed by atoms with Gasteiger partial charge in [0.25, 0.3) is 0 Å². The van der Waals surface area contributed by atoms with E-state index in [1.165, 1.54) is 13.3 Å². The number of aromatic nitrogens is 2. The summed E-state index contributed by atoms with van der Waals surface area (Å²) in [7, 11) is 1.34. The Morgan fingerprint density at radius 3 is 2.76 bits per heavy atom. The van der Waals surface area contributed by atoms with Crippen LogP contribution in [0.3, 0.4) is 0 Å². The number of imidazole rings is 1. The zero-order valence-electron chi connectivity index (χ0n) is 9.38. The average Bonchev–Trinajstić information content (AvgIpc) is 2.85. The molecule has 0 radical (unpaired) electrons. The Morgan fingerprint density at radius 1 is 1.29 bits per heavy atom. The molecule has 0 aliphatic rings. The van der Waals surface area contributed by atoms with E-state index in [-0.39, 0.29) is 0 Å². The predicted octanol–water partition coefficient (Wildman–Crippen LogP) is 2.37. The Balaban J connectivity index is 2.12. The van der Waals surface area contributed by atoms with Crippen molar-refractivity contribution >= 4 is 18.1 Å². The number of ether oxygens (including phenoxy) is 1. The smallest absolute Gasteiger partial charge is 0.356 e. The van der Waals surface area contributed by atoms with E-state index >= 15 is 0 Å². The van der Waals surface area contributed by atoms with Crippen LogP contribution in [0.15, 0.2) is 36.5 Å². The quantitative estimate of drug-likeness (QED) is 0.820. The number of nitrogens with one attached hydrogen (secondary N) is 1. The minimum Gasteiger partial charge on any atom is -0.464 e. The highest BCUT2D eigenvalue weighted by molar-refractivity contribution is 5.87. The largest absolute Gasteiger partial charge is 0.464 e. The van der Waals surface area contributed by atoms with Crippen molar-refractivity contribution < 1.29 is 9.53 Å². The molecular formula is C13H12N2O2. The first kappa shape index (κ1) is 11.1. The van der Waals surface area contributed by atoms with E-state index in [2.05, 4.69) is 14.7 Å². The van der Waals surface area contributed by atoms with Crippen LogP contribution in [0, 0.1) is 0 Å². The number of hydrogen-bond acceptors (Lipinski definition) is 3. The van der Waals surface area contributed by atoms with E-state index < -0.39 is 5.97 Å². The molecule has 2 aromatic rings. The lowest BCUT2D eigenvalue weighted by molar-refractivity contribution is 0.0594. The van der Waals surface area contributed by atoms with E-state index in [0.717, 1.165) is 5.56 Å². The highest BCUT2D eigenvalue weighted by Crippen LogP contribution is 2.06. The number of H-pyrrole nitrogens is 1. The number of rotatable bonds is 3. The molecule has 0 atom stereocenters. The third-order valence-corrected chi connectivity index (χ3v) is 2.23. The Hall–Kier alpha value is -2.36. The van der Waals surface area contributed by atoms with E-state index in [1.807, 2.05) is 42.5 Å². The van der Waals surface area contributed by atoms with Crippen molar-refractivity contribution in [2.75, 3.05) is 7.11 Å². The number of benzene rings is 1. The third-order valence-electron chi connectivity index (χ3n) is 2.23. The number of carbonyl (C=O) groups excluding carboxylic acids is 1. The van der Waals surface area contributed by atoms with Gasteiger partial charge in [0, 0.05) is 0 Å². The molecule has 1 N–H and O–H groups in total. The van der Waals surface area contributed by atoms with Gasteiger partial charge in [-0.1, -0.05) is 36.4 Å². The van der Waals surface area contributed by atoms with Gasteiger partial charge in [0.05, 0.1) is 13.3 Å². The molecule has 0 spiro atoms. The zero-order chi connectivity index (χ0) is 12.1. The van der Waals surface area contributed by atoms with Crippen molar-refractivity contribution in [2.45, 2.75) is 0 Å². The SMILES string of the molecule is COC(=O)c1cnc(C=Cc2ccccc2)[nH]1. The summed E-state index contributed by atoms with van der Waals surface area (Å²) in [5, 5.41) is 0. The predicted molar refractivity (Wildman–Crippen MR) is 65.3 cm³/mol. The summed E-state index contributed by atoms with van der Waals surface area (Å²) in [6, 6.07) is 9.85. The van der Waals surface area contributed by atoms with Crippen LogP contribution in [0.5, 0.6) is 0 Å². The fraction of sp³-hybridized carbons (Fsp3) is 0.0769. The van der Waals surface area contributed by atoms with Gasteiger partial charge in [-0.15, -0.1) is 0 Å². The second-order valence-corrected chi connectivity index (χ2v) is 3.42. The summed E-state index contributed by atoms with van der Waals surface area (Å²) in [5.41, 5.74) is 1.42. The van der Waals surface area contributed by atoms with E-state index in [1.54, 1.807) is 0 Å². The molecule has 0 bridgehead atoms. The molecule has 0 saturated heterocycles. The molecule has 2 rings (SSSR count). The molecule has 17 heavy (non-hydrogen) atoms. The van der Waals surface area contributed by atoms with E-state index in [9.17, 15) is 4.79 Å². The minimum atomic E-state index is -0.420. The Kier molecular flexibility index (Phi) is 3.35.